The van der Waals surface area contributed by atoms with Gasteiger partial charge in [-0.3, -0.25) is 0 Å². The van der Waals surface area contributed by atoms with Crippen molar-refractivity contribution in [1.29, 1.82) is 0 Å². The zero-order valence-electron chi connectivity index (χ0n) is 23.4. The SMILES string of the molecule is CCCc1c(C)c(N)c(C)c(C)c1CC(C)CCCC(C)CCCC(C)CCCC(C)C. The Labute approximate surface area is 202 Å². The van der Waals surface area contributed by atoms with Crippen LogP contribution in [0.3, 0.4) is 0 Å². The van der Waals surface area contributed by atoms with Gasteiger partial charge in [-0.1, -0.05) is 106 Å². The fraction of sp³-hybridized carbons (Fsp3) is 0.806. The maximum absolute atomic E-state index is 6.42. The summed E-state index contributed by atoms with van der Waals surface area (Å²) in [7, 11) is 0. The van der Waals surface area contributed by atoms with E-state index < -0.39 is 0 Å². The lowest BCUT2D eigenvalue weighted by Gasteiger charge is -2.23. The first-order chi connectivity index (χ1) is 15.1. The molecule has 3 atom stereocenters. The van der Waals surface area contributed by atoms with Gasteiger partial charge < -0.3 is 5.73 Å². The molecular weight excluding hydrogens is 386 g/mol. The van der Waals surface area contributed by atoms with Crippen LogP contribution >= 0.6 is 0 Å². The van der Waals surface area contributed by atoms with Gasteiger partial charge in [-0.15, -0.1) is 0 Å². The third-order valence-electron chi connectivity index (χ3n) is 7.96. The molecule has 186 valence electrons. The highest BCUT2D eigenvalue weighted by Crippen LogP contribution is 2.32. The maximum atomic E-state index is 6.42. The van der Waals surface area contributed by atoms with Crippen LogP contribution in [0.15, 0.2) is 0 Å². The first kappa shape index (κ1) is 29.1. The summed E-state index contributed by atoms with van der Waals surface area (Å²) < 4.78 is 0. The standard InChI is InChI=1S/C31H57N/c1-10-14-29-28(9)31(32)27(8)26(7)30(29)21-25(6)20-13-19-24(5)18-12-17-23(4)16-11-15-22(2)3/h22-25H,10-21,32H2,1-9H3. The van der Waals surface area contributed by atoms with E-state index in [4.69, 9.17) is 5.73 Å². The van der Waals surface area contributed by atoms with Crippen LogP contribution < -0.4 is 5.73 Å². The summed E-state index contributed by atoms with van der Waals surface area (Å²) in [4.78, 5) is 0. The van der Waals surface area contributed by atoms with Crippen molar-refractivity contribution in [3.05, 3.63) is 27.8 Å². The Kier molecular flexibility index (Phi) is 13.6. The van der Waals surface area contributed by atoms with Crippen LogP contribution in [0.5, 0.6) is 0 Å². The van der Waals surface area contributed by atoms with Crippen molar-refractivity contribution in [1.82, 2.24) is 0 Å². The van der Waals surface area contributed by atoms with Crippen LogP contribution in [0.25, 0.3) is 0 Å². The molecule has 0 spiro atoms. The zero-order valence-corrected chi connectivity index (χ0v) is 23.4. The molecule has 0 saturated carbocycles. The Morgan fingerprint density at radius 1 is 0.594 bits per heavy atom. The number of anilines is 1. The van der Waals surface area contributed by atoms with E-state index in [-0.39, 0.29) is 0 Å². The van der Waals surface area contributed by atoms with Gasteiger partial charge in [0.15, 0.2) is 0 Å². The van der Waals surface area contributed by atoms with Gasteiger partial charge in [-0.2, -0.15) is 0 Å². The fourth-order valence-corrected chi connectivity index (χ4v) is 5.43. The Hall–Kier alpha value is -0.980. The topological polar surface area (TPSA) is 26.0 Å². The van der Waals surface area contributed by atoms with Gasteiger partial charge in [-0.25, -0.2) is 0 Å². The molecule has 0 fully saturated rings. The predicted molar refractivity (Wildman–Crippen MR) is 147 cm³/mol. The number of benzene rings is 1. The van der Waals surface area contributed by atoms with E-state index in [0.29, 0.717) is 0 Å². The highest BCUT2D eigenvalue weighted by molar-refractivity contribution is 5.62. The lowest BCUT2D eigenvalue weighted by Crippen LogP contribution is -2.11. The van der Waals surface area contributed by atoms with Gasteiger partial charge in [0.1, 0.15) is 0 Å². The second-order valence-electron chi connectivity index (χ2n) is 11.7. The van der Waals surface area contributed by atoms with Crippen LogP contribution in [0.1, 0.15) is 134 Å². The molecule has 3 unspecified atom stereocenters. The van der Waals surface area contributed by atoms with Crippen molar-refractivity contribution in [2.24, 2.45) is 23.7 Å². The number of rotatable bonds is 16. The molecule has 0 radical (unpaired) electrons. The van der Waals surface area contributed by atoms with Gasteiger partial charge in [0.25, 0.3) is 0 Å². The molecule has 1 nitrogen and oxygen atoms in total. The molecule has 1 rings (SSSR count). The lowest BCUT2D eigenvalue weighted by atomic mass is 9.83. The van der Waals surface area contributed by atoms with Crippen molar-refractivity contribution in [2.45, 2.75) is 139 Å². The monoisotopic (exact) mass is 443 g/mol. The summed E-state index contributed by atoms with van der Waals surface area (Å²) in [5, 5.41) is 0. The third kappa shape index (κ3) is 9.88. The van der Waals surface area contributed by atoms with E-state index in [1.54, 1.807) is 5.56 Å². The van der Waals surface area contributed by atoms with E-state index in [2.05, 4.69) is 62.3 Å². The van der Waals surface area contributed by atoms with Crippen molar-refractivity contribution < 1.29 is 0 Å². The highest BCUT2D eigenvalue weighted by Gasteiger charge is 2.17. The van der Waals surface area contributed by atoms with Crippen LogP contribution in [0.2, 0.25) is 0 Å². The second-order valence-corrected chi connectivity index (χ2v) is 11.7. The normalized spacial score (nSPS) is 14.7. The third-order valence-corrected chi connectivity index (χ3v) is 7.96. The van der Waals surface area contributed by atoms with Crippen LogP contribution in [-0.2, 0) is 12.8 Å². The average molecular weight is 444 g/mol. The number of nitrogens with two attached hydrogens (primary N) is 1. The quantitative estimate of drug-likeness (QED) is 0.253. The van der Waals surface area contributed by atoms with E-state index >= 15 is 0 Å². The highest BCUT2D eigenvalue weighted by atomic mass is 14.6. The number of hydrogen-bond donors (Lipinski definition) is 1. The minimum absolute atomic E-state index is 0.750. The Bertz CT molecular complexity index is 657. The Morgan fingerprint density at radius 3 is 1.53 bits per heavy atom. The Balaban J connectivity index is 2.42. The van der Waals surface area contributed by atoms with Crippen LogP contribution in [0.4, 0.5) is 5.69 Å². The van der Waals surface area contributed by atoms with Gasteiger partial charge in [-0.05, 0) is 85.1 Å². The second kappa shape index (κ2) is 15.0. The smallest absolute Gasteiger partial charge is 0.0379 e. The molecule has 0 aromatic heterocycles. The minimum Gasteiger partial charge on any atom is -0.398 e. The molecule has 0 aliphatic carbocycles. The number of nitrogen functional groups attached to an aromatic ring is 1. The molecule has 1 aromatic carbocycles. The average Bonchev–Trinajstić information content (AvgIpc) is 2.73. The molecule has 2 N–H and O–H groups in total. The fourth-order valence-electron chi connectivity index (χ4n) is 5.43. The molecule has 0 bridgehead atoms. The summed E-state index contributed by atoms with van der Waals surface area (Å²) in [6.45, 7) is 21.1. The minimum atomic E-state index is 0.750. The first-order valence-electron chi connectivity index (χ1n) is 13.9. The summed E-state index contributed by atoms with van der Waals surface area (Å²) in [6.07, 6.45) is 16.2. The van der Waals surface area contributed by atoms with E-state index in [0.717, 1.165) is 35.8 Å². The van der Waals surface area contributed by atoms with Gasteiger partial charge in [0, 0.05) is 5.69 Å². The largest absolute Gasteiger partial charge is 0.398 e. The summed E-state index contributed by atoms with van der Waals surface area (Å²) in [5.41, 5.74) is 14.7. The summed E-state index contributed by atoms with van der Waals surface area (Å²) in [6, 6.07) is 0. The van der Waals surface area contributed by atoms with E-state index in [9.17, 15) is 0 Å². The molecule has 1 aromatic rings. The van der Waals surface area contributed by atoms with Gasteiger partial charge in [0.2, 0.25) is 0 Å². The maximum Gasteiger partial charge on any atom is 0.0379 e. The molecule has 1 heteroatoms. The van der Waals surface area contributed by atoms with Crippen LogP contribution in [-0.4, -0.2) is 0 Å². The lowest BCUT2D eigenvalue weighted by molar-refractivity contribution is 0.377. The van der Waals surface area contributed by atoms with E-state index in [1.165, 1.54) is 92.9 Å². The Morgan fingerprint density at radius 2 is 1.06 bits per heavy atom. The molecular formula is C31H57N. The predicted octanol–water partition coefficient (Wildman–Crippen LogP) is 9.76. The molecule has 0 amide bonds. The molecule has 0 aliphatic heterocycles. The van der Waals surface area contributed by atoms with Crippen molar-refractivity contribution in [3.8, 4) is 0 Å². The van der Waals surface area contributed by atoms with Crippen molar-refractivity contribution in [2.75, 3.05) is 5.73 Å². The molecule has 0 saturated heterocycles. The zero-order chi connectivity index (χ0) is 24.3. The van der Waals surface area contributed by atoms with E-state index in [1.807, 2.05) is 0 Å². The first-order valence-corrected chi connectivity index (χ1v) is 13.9. The van der Waals surface area contributed by atoms with Crippen molar-refractivity contribution in [3.63, 3.8) is 0 Å². The van der Waals surface area contributed by atoms with Crippen molar-refractivity contribution >= 4 is 5.69 Å². The van der Waals surface area contributed by atoms with Gasteiger partial charge in [0.05, 0.1) is 0 Å². The molecule has 0 aliphatic rings. The van der Waals surface area contributed by atoms with Crippen LogP contribution in [0, 0.1) is 44.4 Å². The van der Waals surface area contributed by atoms with Gasteiger partial charge >= 0.3 is 0 Å². The summed E-state index contributed by atoms with van der Waals surface area (Å²) in [5.74, 6) is 3.40. The molecule has 0 heterocycles. The summed E-state index contributed by atoms with van der Waals surface area (Å²) >= 11 is 0. The molecule has 32 heavy (non-hydrogen) atoms. The number of hydrogen-bond acceptors (Lipinski definition) is 1.